The van der Waals surface area contributed by atoms with E-state index >= 15 is 0 Å². The number of aromatic nitrogens is 2. The summed E-state index contributed by atoms with van der Waals surface area (Å²) in [6.45, 7) is 0. The molecule has 13 heteroatoms. The summed E-state index contributed by atoms with van der Waals surface area (Å²) in [5, 5.41) is 5.13. The molecular formula is C12H8ClF3N4O4S. The van der Waals surface area contributed by atoms with Crippen LogP contribution in [0.15, 0.2) is 12.1 Å². The maximum Gasteiger partial charge on any atom is 0.488 e. The summed E-state index contributed by atoms with van der Waals surface area (Å²) in [6, 6.07) is 3.38. The molecule has 0 fully saturated rings. The van der Waals surface area contributed by atoms with Gasteiger partial charge in [-0.1, -0.05) is 0 Å². The third-order valence-electron chi connectivity index (χ3n) is 3.29. The smallest absolute Gasteiger partial charge is 0.434 e. The number of nitriles is 1. The molecule has 3 rings (SSSR count). The minimum absolute atomic E-state index is 0.152. The van der Waals surface area contributed by atoms with E-state index in [2.05, 4.69) is 14.5 Å². The SMILES string of the molecule is CN(C)S(=O)(=O)n1c(C#N)nc2cc3c(cc21)OC(F)(Cl)C(F)(F)O3. The van der Waals surface area contributed by atoms with E-state index in [4.69, 9.17) is 16.9 Å². The van der Waals surface area contributed by atoms with Gasteiger partial charge in [0.15, 0.2) is 11.5 Å². The van der Waals surface area contributed by atoms with Crippen molar-refractivity contribution in [1.29, 1.82) is 5.26 Å². The van der Waals surface area contributed by atoms with Crippen molar-refractivity contribution in [3.63, 3.8) is 0 Å². The van der Waals surface area contributed by atoms with E-state index < -0.39 is 39.0 Å². The monoisotopic (exact) mass is 396 g/mol. The molecule has 0 saturated heterocycles. The highest BCUT2D eigenvalue weighted by molar-refractivity contribution is 7.87. The van der Waals surface area contributed by atoms with Crippen molar-refractivity contribution >= 4 is 32.8 Å². The van der Waals surface area contributed by atoms with E-state index in [0.29, 0.717) is 3.97 Å². The number of hydrogen-bond donors (Lipinski definition) is 0. The number of rotatable bonds is 2. The molecule has 0 spiro atoms. The van der Waals surface area contributed by atoms with E-state index in [-0.39, 0.29) is 11.0 Å². The van der Waals surface area contributed by atoms with Crippen molar-refractivity contribution in [2.45, 2.75) is 11.4 Å². The average molecular weight is 397 g/mol. The van der Waals surface area contributed by atoms with Gasteiger partial charge in [0.1, 0.15) is 6.07 Å². The number of fused-ring (bicyclic) bond motifs is 2. The Kier molecular flexibility index (Phi) is 3.61. The molecule has 2 heterocycles. The largest absolute Gasteiger partial charge is 0.488 e. The van der Waals surface area contributed by atoms with E-state index in [1.54, 1.807) is 6.07 Å². The fourth-order valence-electron chi connectivity index (χ4n) is 2.09. The fourth-order valence-corrected chi connectivity index (χ4v) is 3.23. The standard InChI is InChI=1S/C12H8ClF3N4O4S/c1-19(2)25(21,22)20-7-4-9-8(3-6(7)18-10(20)5-17)24-12(15,16)11(13,14)23-9/h3-4H,1-2H3. The van der Waals surface area contributed by atoms with Crippen molar-refractivity contribution in [1.82, 2.24) is 13.3 Å². The Morgan fingerprint density at radius 2 is 1.88 bits per heavy atom. The summed E-state index contributed by atoms with van der Waals surface area (Å²) < 4.78 is 75.4. The molecule has 1 atom stereocenters. The Morgan fingerprint density at radius 1 is 1.28 bits per heavy atom. The van der Waals surface area contributed by atoms with E-state index in [9.17, 15) is 21.6 Å². The number of benzene rings is 1. The van der Waals surface area contributed by atoms with Gasteiger partial charge in [0.25, 0.3) is 0 Å². The van der Waals surface area contributed by atoms with Crippen LogP contribution in [0.3, 0.4) is 0 Å². The Hall–Kier alpha value is -2.23. The Bertz CT molecular complexity index is 1030. The summed E-state index contributed by atoms with van der Waals surface area (Å²) in [4.78, 5) is 3.76. The van der Waals surface area contributed by atoms with Gasteiger partial charge >= 0.3 is 21.6 Å². The molecule has 1 aliphatic heterocycles. The lowest BCUT2D eigenvalue weighted by atomic mass is 10.2. The predicted octanol–water partition coefficient (Wildman–Crippen LogP) is 1.79. The van der Waals surface area contributed by atoms with E-state index in [1.807, 2.05) is 0 Å². The van der Waals surface area contributed by atoms with Crippen LogP contribution in [0.4, 0.5) is 13.2 Å². The third-order valence-corrected chi connectivity index (χ3v) is 5.34. The number of imidazole rings is 1. The minimum Gasteiger partial charge on any atom is -0.434 e. The van der Waals surface area contributed by atoms with Gasteiger partial charge in [-0.3, -0.25) is 0 Å². The number of ether oxygens (including phenoxy) is 2. The van der Waals surface area contributed by atoms with Gasteiger partial charge in [-0.25, -0.2) is 4.98 Å². The molecular weight excluding hydrogens is 389 g/mol. The van der Waals surface area contributed by atoms with Crippen LogP contribution in [0.2, 0.25) is 0 Å². The van der Waals surface area contributed by atoms with Crippen LogP contribution in [0.5, 0.6) is 11.5 Å². The molecule has 134 valence electrons. The zero-order chi connectivity index (χ0) is 18.8. The minimum atomic E-state index is -4.49. The van der Waals surface area contributed by atoms with Crippen molar-refractivity contribution in [3.8, 4) is 17.6 Å². The first-order valence-corrected chi connectivity index (χ1v) is 8.21. The summed E-state index contributed by atoms with van der Waals surface area (Å²) in [7, 11) is -1.76. The zero-order valence-electron chi connectivity index (χ0n) is 12.5. The fraction of sp³-hybridized carbons (Fsp3) is 0.333. The topological polar surface area (TPSA) is 97.5 Å². The van der Waals surface area contributed by atoms with Crippen LogP contribution < -0.4 is 9.47 Å². The Morgan fingerprint density at radius 3 is 2.44 bits per heavy atom. The average Bonchev–Trinajstić information content (AvgIpc) is 2.83. The molecule has 8 nitrogen and oxygen atoms in total. The molecule has 0 aliphatic carbocycles. The molecule has 2 aromatic rings. The highest BCUT2D eigenvalue weighted by Crippen LogP contribution is 2.49. The highest BCUT2D eigenvalue weighted by Gasteiger charge is 2.63. The van der Waals surface area contributed by atoms with Gasteiger partial charge < -0.3 is 9.47 Å². The van der Waals surface area contributed by atoms with Gasteiger partial charge in [0.2, 0.25) is 5.82 Å². The molecule has 0 bridgehead atoms. The molecule has 0 amide bonds. The maximum atomic E-state index is 13.7. The lowest BCUT2D eigenvalue weighted by Gasteiger charge is -2.33. The first-order chi connectivity index (χ1) is 11.4. The lowest BCUT2D eigenvalue weighted by molar-refractivity contribution is -0.303. The summed E-state index contributed by atoms with van der Waals surface area (Å²) in [6.07, 6.45) is -4.49. The molecule has 25 heavy (non-hydrogen) atoms. The van der Waals surface area contributed by atoms with Gasteiger partial charge in [0, 0.05) is 26.2 Å². The van der Waals surface area contributed by atoms with Crippen LogP contribution in [-0.2, 0) is 10.2 Å². The maximum absolute atomic E-state index is 13.7. The summed E-state index contributed by atoms with van der Waals surface area (Å²) >= 11 is 4.99. The number of alkyl halides is 4. The van der Waals surface area contributed by atoms with Crippen LogP contribution in [0, 0.1) is 11.3 Å². The Labute approximate surface area is 144 Å². The van der Waals surface area contributed by atoms with Gasteiger partial charge in [-0.2, -0.15) is 35.1 Å². The van der Waals surface area contributed by atoms with Gasteiger partial charge in [0.05, 0.1) is 11.0 Å². The molecule has 1 unspecified atom stereocenters. The van der Waals surface area contributed by atoms with E-state index in [0.717, 1.165) is 16.4 Å². The van der Waals surface area contributed by atoms with Crippen molar-refractivity contribution in [3.05, 3.63) is 18.0 Å². The zero-order valence-corrected chi connectivity index (χ0v) is 14.1. The number of nitrogens with zero attached hydrogens (tertiary/aromatic N) is 4. The predicted molar refractivity (Wildman–Crippen MR) is 78.3 cm³/mol. The van der Waals surface area contributed by atoms with Crippen LogP contribution in [0.25, 0.3) is 11.0 Å². The first kappa shape index (κ1) is 17.6. The lowest BCUT2D eigenvalue weighted by Crippen LogP contribution is -2.51. The van der Waals surface area contributed by atoms with Crippen LogP contribution >= 0.6 is 11.6 Å². The highest BCUT2D eigenvalue weighted by atomic mass is 35.5. The second kappa shape index (κ2) is 5.13. The molecule has 0 N–H and O–H groups in total. The second-order valence-electron chi connectivity index (χ2n) is 5.13. The van der Waals surface area contributed by atoms with Crippen LogP contribution in [-0.4, -0.2) is 47.2 Å². The Balaban J connectivity index is 2.32. The first-order valence-electron chi connectivity index (χ1n) is 6.44. The molecule has 1 aliphatic rings. The molecule has 0 radical (unpaired) electrons. The van der Waals surface area contributed by atoms with Crippen molar-refractivity contribution < 1.29 is 31.1 Å². The van der Waals surface area contributed by atoms with Crippen molar-refractivity contribution in [2.75, 3.05) is 14.1 Å². The number of hydrogen-bond acceptors (Lipinski definition) is 6. The molecule has 1 aromatic carbocycles. The van der Waals surface area contributed by atoms with Crippen molar-refractivity contribution in [2.24, 2.45) is 0 Å². The molecule has 1 aromatic heterocycles. The summed E-state index contributed by atoms with van der Waals surface area (Å²) in [5.41, 5.74) is -0.355. The number of halogens is 4. The second-order valence-corrected chi connectivity index (χ2v) is 7.60. The van der Waals surface area contributed by atoms with Crippen LogP contribution in [0.1, 0.15) is 5.82 Å². The van der Waals surface area contributed by atoms with E-state index in [1.165, 1.54) is 14.1 Å². The quantitative estimate of drug-likeness (QED) is 0.718. The van der Waals surface area contributed by atoms with Gasteiger partial charge in [-0.05, 0) is 11.6 Å². The molecule has 0 saturated carbocycles. The summed E-state index contributed by atoms with van der Waals surface area (Å²) in [5.74, 6) is -1.71. The third kappa shape index (κ3) is 2.46. The normalized spacial score (nSPS) is 22.2. The van der Waals surface area contributed by atoms with Gasteiger partial charge in [-0.15, -0.1) is 0 Å².